The van der Waals surface area contributed by atoms with E-state index < -0.39 is 6.10 Å². The van der Waals surface area contributed by atoms with Crippen LogP contribution in [0.25, 0.3) is 0 Å². The van der Waals surface area contributed by atoms with Crippen LogP contribution in [0.15, 0.2) is 16.7 Å². The molecule has 2 atom stereocenters. The number of aryl methyl sites for hydroxylation is 1. The summed E-state index contributed by atoms with van der Waals surface area (Å²) in [6.45, 7) is 2.91. The molecule has 0 aromatic carbocycles. The van der Waals surface area contributed by atoms with Crippen molar-refractivity contribution in [1.82, 2.24) is 10.2 Å². The zero-order chi connectivity index (χ0) is 11.7. The smallest absolute Gasteiger partial charge is 0.257 e. The average molecular weight is 224 g/mol. The normalized spacial score (nSPS) is 24.7. The van der Waals surface area contributed by atoms with E-state index in [2.05, 4.69) is 5.32 Å². The molecule has 0 unspecified atom stereocenters. The van der Waals surface area contributed by atoms with Gasteiger partial charge in [0, 0.05) is 20.1 Å². The first kappa shape index (κ1) is 11.2. The summed E-state index contributed by atoms with van der Waals surface area (Å²) in [5.41, 5.74) is 0.557. The second-order valence-corrected chi connectivity index (χ2v) is 4.10. The van der Waals surface area contributed by atoms with E-state index in [1.54, 1.807) is 24.9 Å². The topological polar surface area (TPSA) is 65.7 Å². The van der Waals surface area contributed by atoms with Crippen LogP contribution in [-0.4, -0.2) is 48.2 Å². The maximum atomic E-state index is 12.1. The largest absolute Gasteiger partial charge is 0.469 e. The van der Waals surface area contributed by atoms with Crippen LogP contribution in [-0.2, 0) is 0 Å². The number of furan rings is 1. The highest BCUT2D eigenvalue weighted by Gasteiger charge is 2.32. The Bertz CT molecular complexity index is 388. The van der Waals surface area contributed by atoms with Gasteiger partial charge in [0.1, 0.15) is 5.76 Å². The molecule has 88 valence electrons. The van der Waals surface area contributed by atoms with Crippen molar-refractivity contribution in [2.45, 2.75) is 19.1 Å². The standard InChI is InChI=1S/C11H16N2O3/c1-7-8(3-4-16-7)11(15)13(2)9-5-12-6-10(9)14/h3-4,9-10,12,14H,5-6H2,1-2H3/t9-,10-/m0/s1. The molecule has 1 aliphatic rings. The summed E-state index contributed by atoms with van der Waals surface area (Å²) in [4.78, 5) is 13.7. The lowest BCUT2D eigenvalue weighted by Crippen LogP contribution is -2.44. The first-order valence-corrected chi connectivity index (χ1v) is 5.31. The Morgan fingerprint density at radius 3 is 2.88 bits per heavy atom. The lowest BCUT2D eigenvalue weighted by Gasteiger charge is -2.26. The highest BCUT2D eigenvalue weighted by atomic mass is 16.3. The van der Waals surface area contributed by atoms with Crippen LogP contribution in [0.2, 0.25) is 0 Å². The van der Waals surface area contributed by atoms with E-state index in [1.807, 2.05) is 0 Å². The van der Waals surface area contributed by atoms with Crippen LogP contribution in [0.5, 0.6) is 0 Å². The van der Waals surface area contributed by atoms with E-state index in [1.165, 1.54) is 6.26 Å². The number of nitrogens with zero attached hydrogens (tertiary/aromatic N) is 1. The Balaban J connectivity index is 2.13. The molecule has 0 spiro atoms. The van der Waals surface area contributed by atoms with Crippen molar-refractivity contribution in [2.24, 2.45) is 0 Å². The predicted molar refractivity (Wildman–Crippen MR) is 58.2 cm³/mol. The monoisotopic (exact) mass is 224 g/mol. The minimum absolute atomic E-state index is 0.112. The molecule has 5 nitrogen and oxygen atoms in total. The Hall–Kier alpha value is -1.33. The summed E-state index contributed by atoms with van der Waals surface area (Å²) < 4.78 is 5.10. The number of β-amino-alcohol motifs (C(OH)–C–C–N with tert-alkyl or cyclic N) is 1. The van der Waals surface area contributed by atoms with Crippen LogP contribution in [0.3, 0.4) is 0 Å². The third-order valence-electron chi connectivity index (χ3n) is 3.06. The fraction of sp³-hybridized carbons (Fsp3) is 0.545. The zero-order valence-corrected chi connectivity index (χ0v) is 9.43. The van der Waals surface area contributed by atoms with Gasteiger partial charge in [-0.3, -0.25) is 4.79 Å². The van der Waals surface area contributed by atoms with Crippen LogP contribution >= 0.6 is 0 Å². The third kappa shape index (κ3) is 1.83. The quantitative estimate of drug-likeness (QED) is 0.741. The van der Waals surface area contributed by atoms with Gasteiger partial charge >= 0.3 is 0 Å². The zero-order valence-electron chi connectivity index (χ0n) is 9.43. The number of likely N-dealkylation sites (N-methyl/N-ethyl adjacent to an activating group) is 1. The fourth-order valence-corrected chi connectivity index (χ4v) is 1.99. The van der Waals surface area contributed by atoms with Gasteiger partial charge in [-0.25, -0.2) is 0 Å². The number of aliphatic hydroxyl groups is 1. The SMILES string of the molecule is Cc1occc1C(=O)N(C)[C@H]1CNC[C@@H]1O. The van der Waals surface area contributed by atoms with Crippen molar-refractivity contribution >= 4 is 5.91 Å². The summed E-state index contributed by atoms with van der Waals surface area (Å²) in [7, 11) is 1.70. The van der Waals surface area contributed by atoms with Crippen LogP contribution in [0.4, 0.5) is 0 Å². The number of amides is 1. The average Bonchev–Trinajstić information content (AvgIpc) is 2.85. The maximum absolute atomic E-state index is 12.1. The molecule has 0 saturated carbocycles. The van der Waals surface area contributed by atoms with Gasteiger partial charge in [-0.2, -0.15) is 0 Å². The molecule has 1 saturated heterocycles. The van der Waals surface area contributed by atoms with Gasteiger partial charge in [-0.15, -0.1) is 0 Å². The molecule has 0 aliphatic carbocycles. The first-order chi connectivity index (χ1) is 7.61. The lowest BCUT2D eigenvalue weighted by atomic mass is 10.1. The molecule has 1 fully saturated rings. The Morgan fingerprint density at radius 2 is 2.38 bits per heavy atom. The van der Waals surface area contributed by atoms with Gasteiger partial charge in [-0.05, 0) is 13.0 Å². The number of carbonyl (C=O) groups is 1. The molecule has 5 heteroatoms. The first-order valence-electron chi connectivity index (χ1n) is 5.31. The minimum atomic E-state index is -0.499. The second-order valence-electron chi connectivity index (χ2n) is 4.10. The summed E-state index contributed by atoms with van der Waals surface area (Å²) in [5, 5.41) is 12.7. The molecule has 16 heavy (non-hydrogen) atoms. The number of rotatable bonds is 2. The Kier molecular flexibility index (Phi) is 2.98. The fourth-order valence-electron chi connectivity index (χ4n) is 1.99. The molecule has 1 aromatic rings. The number of hydrogen-bond donors (Lipinski definition) is 2. The van der Waals surface area contributed by atoms with E-state index in [0.29, 0.717) is 24.4 Å². The van der Waals surface area contributed by atoms with Gasteiger partial charge in [0.25, 0.3) is 5.91 Å². The summed E-state index contributed by atoms with van der Waals surface area (Å²) >= 11 is 0. The molecule has 2 N–H and O–H groups in total. The maximum Gasteiger partial charge on any atom is 0.257 e. The van der Waals surface area contributed by atoms with Gasteiger partial charge in [0.15, 0.2) is 0 Å². The van der Waals surface area contributed by atoms with Crippen LogP contribution in [0.1, 0.15) is 16.1 Å². The van der Waals surface area contributed by atoms with Crippen molar-refractivity contribution in [3.8, 4) is 0 Å². The summed E-state index contributed by atoms with van der Waals surface area (Å²) in [6.07, 6.45) is 1.00. The van der Waals surface area contributed by atoms with E-state index in [-0.39, 0.29) is 11.9 Å². The molecule has 1 aliphatic heterocycles. The predicted octanol–water partition coefficient (Wildman–Crippen LogP) is -0.00728. The number of hydrogen-bond acceptors (Lipinski definition) is 4. The van der Waals surface area contributed by atoms with Gasteiger partial charge in [-0.1, -0.05) is 0 Å². The number of aliphatic hydroxyl groups excluding tert-OH is 1. The van der Waals surface area contributed by atoms with Gasteiger partial charge in [0.2, 0.25) is 0 Å². The number of carbonyl (C=O) groups excluding carboxylic acids is 1. The van der Waals surface area contributed by atoms with E-state index in [4.69, 9.17) is 4.42 Å². The second kappa shape index (κ2) is 4.27. The highest BCUT2D eigenvalue weighted by molar-refractivity contribution is 5.95. The van der Waals surface area contributed by atoms with Gasteiger partial charge < -0.3 is 19.7 Å². The summed E-state index contributed by atoms with van der Waals surface area (Å²) in [6, 6.07) is 1.49. The van der Waals surface area contributed by atoms with Crippen LogP contribution in [0, 0.1) is 6.92 Å². The molecule has 2 rings (SSSR count). The van der Waals surface area contributed by atoms with Crippen molar-refractivity contribution in [2.75, 3.05) is 20.1 Å². The molecule has 0 radical (unpaired) electrons. The molecular weight excluding hydrogens is 208 g/mol. The van der Waals surface area contributed by atoms with E-state index >= 15 is 0 Å². The number of nitrogens with one attached hydrogen (secondary N) is 1. The molecule has 0 bridgehead atoms. The van der Waals surface area contributed by atoms with Crippen molar-refractivity contribution in [3.63, 3.8) is 0 Å². The third-order valence-corrected chi connectivity index (χ3v) is 3.06. The Morgan fingerprint density at radius 1 is 1.62 bits per heavy atom. The minimum Gasteiger partial charge on any atom is -0.469 e. The lowest BCUT2D eigenvalue weighted by molar-refractivity contribution is 0.0579. The summed E-state index contributed by atoms with van der Waals surface area (Å²) in [5.74, 6) is 0.497. The van der Waals surface area contributed by atoms with E-state index in [9.17, 15) is 9.90 Å². The van der Waals surface area contributed by atoms with Crippen molar-refractivity contribution in [1.29, 1.82) is 0 Å². The highest BCUT2D eigenvalue weighted by Crippen LogP contribution is 2.15. The van der Waals surface area contributed by atoms with Gasteiger partial charge in [0.05, 0.1) is 24.0 Å². The van der Waals surface area contributed by atoms with Crippen molar-refractivity contribution < 1.29 is 14.3 Å². The molecule has 2 heterocycles. The molecular formula is C11H16N2O3. The van der Waals surface area contributed by atoms with Crippen LogP contribution < -0.4 is 5.32 Å². The molecule has 1 aromatic heterocycles. The van der Waals surface area contributed by atoms with Crippen molar-refractivity contribution in [3.05, 3.63) is 23.7 Å². The Labute approximate surface area is 94.0 Å². The van der Waals surface area contributed by atoms with E-state index in [0.717, 1.165) is 0 Å². The molecule has 1 amide bonds.